The van der Waals surface area contributed by atoms with Crippen LogP contribution in [0.3, 0.4) is 0 Å². The van der Waals surface area contributed by atoms with Crippen LogP contribution in [0.4, 0.5) is 5.69 Å². The Hall–Kier alpha value is -2.84. The van der Waals surface area contributed by atoms with Crippen LogP contribution in [0, 0.1) is 0 Å². The summed E-state index contributed by atoms with van der Waals surface area (Å²) in [6.45, 7) is 2.96. The number of carbonyl (C=O) groups excluding carboxylic acids is 3. The molecule has 8 heteroatoms. The van der Waals surface area contributed by atoms with E-state index in [2.05, 4.69) is 10.3 Å². The summed E-state index contributed by atoms with van der Waals surface area (Å²) in [5.41, 5.74) is 2.19. The molecule has 6 nitrogen and oxygen atoms in total. The third-order valence-corrected chi connectivity index (χ3v) is 5.27. The number of ketones is 1. The smallest absolute Gasteiger partial charge is 0.358 e. The van der Waals surface area contributed by atoms with Gasteiger partial charge in [-0.2, -0.15) is 11.3 Å². The summed E-state index contributed by atoms with van der Waals surface area (Å²) in [5.74, 6) is -1.17. The van der Waals surface area contributed by atoms with Gasteiger partial charge in [-0.1, -0.05) is 0 Å². The third kappa shape index (κ3) is 4.66. The van der Waals surface area contributed by atoms with Crippen LogP contribution in [0.5, 0.6) is 0 Å². The summed E-state index contributed by atoms with van der Waals surface area (Å²) in [5, 5.41) is 8.87. The van der Waals surface area contributed by atoms with Crippen molar-refractivity contribution in [2.24, 2.45) is 0 Å². The second kappa shape index (κ2) is 8.24. The Kier molecular flexibility index (Phi) is 5.78. The number of carbonyl (C=O) groups is 3. The van der Waals surface area contributed by atoms with Gasteiger partial charge in [0.05, 0.1) is 0 Å². The van der Waals surface area contributed by atoms with Crippen LogP contribution in [0.25, 0.3) is 10.6 Å². The van der Waals surface area contributed by atoms with Crippen molar-refractivity contribution < 1.29 is 19.1 Å². The Balaban J connectivity index is 1.59. The van der Waals surface area contributed by atoms with E-state index in [0.29, 0.717) is 11.3 Å². The fourth-order valence-electron chi connectivity index (χ4n) is 2.19. The fraction of sp³-hybridized carbons (Fsp3) is 0.158. The van der Waals surface area contributed by atoms with Crippen LogP contribution >= 0.6 is 22.7 Å². The van der Waals surface area contributed by atoms with E-state index >= 15 is 0 Å². The number of nitrogens with one attached hydrogen (secondary N) is 1. The first-order valence-electron chi connectivity index (χ1n) is 8.05. The van der Waals surface area contributed by atoms with Gasteiger partial charge in [-0.25, -0.2) is 9.78 Å². The molecule has 0 aliphatic rings. The molecule has 0 aliphatic heterocycles. The minimum Gasteiger partial charge on any atom is -0.448 e. The molecule has 0 saturated carbocycles. The minimum absolute atomic E-state index is 0.0553. The Bertz CT molecular complexity index is 962. The fourth-order valence-corrected chi connectivity index (χ4v) is 3.69. The maximum atomic E-state index is 12.2. The molecule has 1 amide bonds. The molecule has 27 heavy (non-hydrogen) atoms. The van der Waals surface area contributed by atoms with Gasteiger partial charge in [0, 0.05) is 27.6 Å². The number of amides is 1. The third-order valence-electron chi connectivity index (χ3n) is 3.69. The lowest BCUT2D eigenvalue weighted by atomic mass is 10.1. The molecule has 2 heterocycles. The highest BCUT2D eigenvalue weighted by atomic mass is 32.1. The molecule has 0 aliphatic carbocycles. The molecule has 1 unspecified atom stereocenters. The van der Waals surface area contributed by atoms with E-state index < -0.39 is 18.0 Å². The molecule has 2 aromatic heterocycles. The number of thiazole rings is 1. The van der Waals surface area contributed by atoms with Crippen molar-refractivity contribution in [3.05, 3.63) is 57.7 Å². The van der Waals surface area contributed by atoms with Crippen molar-refractivity contribution in [2.75, 3.05) is 5.32 Å². The second-order valence-corrected chi connectivity index (χ2v) is 7.36. The lowest BCUT2D eigenvalue weighted by Gasteiger charge is -2.13. The van der Waals surface area contributed by atoms with Crippen molar-refractivity contribution in [2.45, 2.75) is 20.0 Å². The standard InChI is InChI=1S/C19H16N2O4S2/c1-11(22)13-3-5-15(6-4-13)20-17(23)12(2)25-19(24)16-10-27-18(21-16)14-7-8-26-9-14/h3-10,12H,1-2H3,(H,20,23). The van der Waals surface area contributed by atoms with Crippen molar-refractivity contribution in [1.29, 1.82) is 0 Å². The normalized spacial score (nSPS) is 11.6. The van der Waals surface area contributed by atoms with Gasteiger partial charge in [-0.05, 0) is 49.6 Å². The number of benzene rings is 1. The van der Waals surface area contributed by atoms with Crippen LogP contribution in [0.2, 0.25) is 0 Å². The van der Waals surface area contributed by atoms with E-state index in [4.69, 9.17) is 4.74 Å². The van der Waals surface area contributed by atoms with Gasteiger partial charge in [-0.15, -0.1) is 11.3 Å². The SMILES string of the molecule is CC(=O)c1ccc(NC(=O)C(C)OC(=O)c2csc(-c3ccsc3)n2)cc1. The maximum absolute atomic E-state index is 12.2. The monoisotopic (exact) mass is 400 g/mol. The Morgan fingerprint density at radius 1 is 1.11 bits per heavy atom. The van der Waals surface area contributed by atoms with Crippen molar-refractivity contribution in [3.8, 4) is 10.6 Å². The van der Waals surface area contributed by atoms with E-state index in [1.807, 2.05) is 16.8 Å². The summed E-state index contributed by atoms with van der Waals surface area (Å²) < 4.78 is 5.20. The molecule has 138 valence electrons. The zero-order valence-corrected chi connectivity index (χ0v) is 16.2. The molecule has 0 radical (unpaired) electrons. The first kappa shape index (κ1) is 18.9. The number of aromatic nitrogens is 1. The first-order chi connectivity index (χ1) is 12.9. The van der Waals surface area contributed by atoms with Gasteiger partial charge in [-0.3, -0.25) is 9.59 Å². The number of rotatable bonds is 6. The predicted molar refractivity (Wildman–Crippen MR) is 105 cm³/mol. The van der Waals surface area contributed by atoms with Crippen molar-refractivity contribution in [3.63, 3.8) is 0 Å². The maximum Gasteiger partial charge on any atom is 0.358 e. The molecule has 1 N–H and O–H groups in total. The zero-order valence-electron chi connectivity index (χ0n) is 14.6. The second-order valence-electron chi connectivity index (χ2n) is 5.72. The molecule has 0 saturated heterocycles. The minimum atomic E-state index is -0.990. The molecule has 1 atom stereocenters. The summed E-state index contributed by atoms with van der Waals surface area (Å²) in [6, 6.07) is 8.41. The molecule has 1 aromatic carbocycles. The average molecular weight is 400 g/mol. The van der Waals surface area contributed by atoms with Gasteiger partial charge >= 0.3 is 5.97 Å². The van der Waals surface area contributed by atoms with Gasteiger partial charge in [0.15, 0.2) is 17.6 Å². The highest BCUT2D eigenvalue weighted by molar-refractivity contribution is 7.14. The van der Waals surface area contributed by atoms with E-state index in [0.717, 1.165) is 10.6 Å². The van der Waals surface area contributed by atoms with Crippen LogP contribution in [-0.2, 0) is 9.53 Å². The molecular weight excluding hydrogens is 384 g/mol. The molecule has 3 aromatic rings. The number of ether oxygens (including phenoxy) is 1. The van der Waals surface area contributed by atoms with Gasteiger partial charge in [0.2, 0.25) is 0 Å². The van der Waals surface area contributed by atoms with Crippen LogP contribution in [-0.4, -0.2) is 28.7 Å². The Labute approximate surface area is 163 Å². The largest absolute Gasteiger partial charge is 0.448 e. The number of hydrogen-bond donors (Lipinski definition) is 1. The summed E-state index contributed by atoms with van der Waals surface area (Å²) in [6.07, 6.45) is -0.990. The van der Waals surface area contributed by atoms with Crippen LogP contribution in [0.1, 0.15) is 34.7 Å². The van der Waals surface area contributed by atoms with E-state index in [9.17, 15) is 14.4 Å². The number of anilines is 1. The lowest BCUT2D eigenvalue weighted by molar-refractivity contribution is -0.123. The average Bonchev–Trinajstić information content (AvgIpc) is 3.33. The number of Topliss-reactive ketones (excluding diaryl/α,β-unsaturated/α-hetero) is 1. The van der Waals surface area contributed by atoms with Crippen molar-refractivity contribution in [1.82, 2.24) is 4.98 Å². The molecule has 0 bridgehead atoms. The number of thiophene rings is 1. The van der Waals surface area contributed by atoms with Crippen molar-refractivity contribution >= 4 is 46.0 Å². The summed E-state index contributed by atoms with van der Waals surface area (Å²) in [7, 11) is 0. The highest BCUT2D eigenvalue weighted by Gasteiger charge is 2.21. The highest BCUT2D eigenvalue weighted by Crippen LogP contribution is 2.26. The van der Waals surface area contributed by atoms with Gasteiger partial charge < -0.3 is 10.1 Å². The van der Waals surface area contributed by atoms with E-state index in [1.165, 1.54) is 25.2 Å². The zero-order chi connectivity index (χ0) is 19.4. The van der Waals surface area contributed by atoms with E-state index in [1.54, 1.807) is 41.0 Å². The van der Waals surface area contributed by atoms with Crippen LogP contribution in [0.15, 0.2) is 46.5 Å². The predicted octanol–water partition coefficient (Wildman–Crippen LogP) is 4.26. The molecular formula is C19H16N2O4S2. The lowest BCUT2D eigenvalue weighted by Crippen LogP contribution is -2.30. The molecule has 0 spiro atoms. The van der Waals surface area contributed by atoms with E-state index in [-0.39, 0.29) is 11.5 Å². The Morgan fingerprint density at radius 3 is 2.48 bits per heavy atom. The summed E-state index contributed by atoms with van der Waals surface area (Å²) >= 11 is 2.89. The number of nitrogens with zero attached hydrogens (tertiary/aromatic N) is 1. The van der Waals surface area contributed by atoms with Crippen LogP contribution < -0.4 is 5.32 Å². The number of hydrogen-bond acceptors (Lipinski definition) is 7. The van der Waals surface area contributed by atoms with Gasteiger partial charge in [0.25, 0.3) is 5.91 Å². The molecule has 3 rings (SSSR count). The topological polar surface area (TPSA) is 85.4 Å². The molecule has 0 fully saturated rings. The van der Waals surface area contributed by atoms with Gasteiger partial charge in [0.1, 0.15) is 5.01 Å². The Morgan fingerprint density at radius 2 is 1.85 bits per heavy atom. The number of esters is 1. The quantitative estimate of drug-likeness (QED) is 0.494. The summed E-state index contributed by atoms with van der Waals surface area (Å²) in [4.78, 5) is 40.0. The first-order valence-corrected chi connectivity index (χ1v) is 9.87.